The number of likely N-dealkylation sites (tertiary alicyclic amines) is 1. The van der Waals surface area contributed by atoms with E-state index >= 15 is 0 Å². The van der Waals surface area contributed by atoms with E-state index in [-0.39, 0.29) is 13.0 Å². The molecule has 1 fully saturated rings. The van der Waals surface area contributed by atoms with Crippen molar-refractivity contribution >= 4 is 33.6 Å². The van der Waals surface area contributed by atoms with Gasteiger partial charge in [-0.15, -0.1) is 0 Å². The molecule has 0 radical (unpaired) electrons. The zero-order valence-corrected chi connectivity index (χ0v) is 13.3. The van der Waals surface area contributed by atoms with Gasteiger partial charge in [-0.3, -0.25) is 0 Å². The first-order valence-electron chi connectivity index (χ1n) is 6.55. The number of carbonyl (C=O) groups excluding carboxylic acids is 1. The molecule has 1 aromatic rings. The Balaban J connectivity index is 2.16. The number of amides is 2. The van der Waals surface area contributed by atoms with Crippen molar-refractivity contribution in [3.63, 3.8) is 0 Å². The summed E-state index contributed by atoms with van der Waals surface area (Å²) in [4.78, 5) is 24.5. The van der Waals surface area contributed by atoms with Crippen LogP contribution in [-0.2, 0) is 4.79 Å². The third kappa shape index (κ3) is 3.36. The average molecular weight is 357 g/mol. The number of hydrogen-bond acceptors (Lipinski definition) is 3. The van der Waals surface area contributed by atoms with Crippen LogP contribution in [0.4, 0.5) is 10.5 Å². The highest BCUT2D eigenvalue weighted by Gasteiger charge is 2.39. The van der Waals surface area contributed by atoms with Gasteiger partial charge in [-0.1, -0.05) is 15.9 Å². The molecule has 2 rings (SSSR count). The van der Waals surface area contributed by atoms with Gasteiger partial charge in [0.25, 0.3) is 0 Å². The first kappa shape index (κ1) is 15.8. The van der Waals surface area contributed by atoms with E-state index in [0.29, 0.717) is 5.69 Å². The van der Waals surface area contributed by atoms with Gasteiger partial charge in [-0.25, -0.2) is 9.59 Å². The molecule has 1 saturated heterocycles. The first-order chi connectivity index (χ1) is 9.79. The van der Waals surface area contributed by atoms with Crippen LogP contribution in [0.2, 0.25) is 0 Å². The van der Waals surface area contributed by atoms with Gasteiger partial charge in [0.15, 0.2) is 0 Å². The first-order valence-corrected chi connectivity index (χ1v) is 7.34. The Morgan fingerprint density at radius 1 is 1.33 bits per heavy atom. The van der Waals surface area contributed by atoms with Gasteiger partial charge < -0.3 is 20.4 Å². The summed E-state index contributed by atoms with van der Waals surface area (Å²) in [5.41, 5.74) is 2.55. The molecule has 0 spiro atoms. The van der Waals surface area contributed by atoms with Crippen molar-refractivity contribution in [3.8, 4) is 0 Å². The van der Waals surface area contributed by atoms with Crippen molar-refractivity contribution in [2.24, 2.45) is 0 Å². The van der Waals surface area contributed by atoms with Gasteiger partial charge in [0.1, 0.15) is 6.04 Å². The minimum Gasteiger partial charge on any atom is -0.480 e. The molecule has 2 unspecified atom stereocenters. The number of nitrogens with zero attached hydrogens (tertiary/aromatic N) is 1. The van der Waals surface area contributed by atoms with Crippen LogP contribution in [0, 0.1) is 13.8 Å². The fraction of sp³-hybridized carbons (Fsp3) is 0.429. The summed E-state index contributed by atoms with van der Waals surface area (Å²) in [7, 11) is 0. The number of benzene rings is 1. The van der Waals surface area contributed by atoms with Crippen LogP contribution in [0.15, 0.2) is 16.6 Å². The monoisotopic (exact) mass is 356 g/mol. The minimum absolute atomic E-state index is 0.0251. The number of halogens is 1. The number of nitrogens with one attached hydrogen (secondary N) is 1. The van der Waals surface area contributed by atoms with Gasteiger partial charge in [0.05, 0.1) is 6.10 Å². The maximum atomic E-state index is 12.2. The Labute approximate surface area is 130 Å². The van der Waals surface area contributed by atoms with E-state index < -0.39 is 24.1 Å². The largest absolute Gasteiger partial charge is 0.480 e. The second kappa shape index (κ2) is 6.03. The summed E-state index contributed by atoms with van der Waals surface area (Å²) in [6.45, 7) is 3.84. The van der Waals surface area contributed by atoms with Gasteiger partial charge in [0, 0.05) is 23.1 Å². The Bertz CT molecular complexity index is 567. The number of rotatable bonds is 2. The van der Waals surface area contributed by atoms with Crippen LogP contribution in [0.5, 0.6) is 0 Å². The lowest BCUT2D eigenvalue weighted by Gasteiger charge is -2.22. The molecule has 0 aliphatic carbocycles. The molecule has 0 bridgehead atoms. The summed E-state index contributed by atoms with van der Waals surface area (Å²) in [5, 5.41) is 21.4. The standard InChI is InChI=1S/C14H17BrN2O4/c1-7-3-9(4-8(2)12(7)15)16-14(21)17-6-10(18)5-11(17)13(19)20/h3-4,10-11,18H,5-6H2,1-2H3,(H,16,21)(H,19,20). The summed E-state index contributed by atoms with van der Waals surface area (Å²) in [6.07, 6.45) is -0.744. The molecule has 6 nitrogen and oxygen atoms in total. The lowest BCUT2D eigenvalue weighted by atomic mass is 10.1. The highest BCUT2D eigenvalue weighted by atomic mass is 79.9. The van der Waals surface area contributed by atoms with Crippen molar-refractivity contribution in [1.29, 1.82) is 0 Å². The summed E-state index contributed by atoms with van der Waals surface area (Å²) >= 11 is 3.45. The molecular weight excluding hydrogens is 340 g/mol. The fourth-order valence-electron chi connectivity index (χ4n) is 2.49. The number of hydrogen-bond donors (Lipinski definition) is 3. The topological polar surface area (TPSA) is 89.9 Å². The molecule has 2 amide bonds. The van der Waals surface area contributed by atoms with E-state index in [0.717, 1.165) is 20.5 Å². The minimum atomic E-state index is -1.11. The molecule has 3 N–H and O–H groups in total. The Morgan fingerprint density at radius 3 is 2.43 bits per heavy atom. The van der Waals surface area contributed by atoms with Crippen molar-refractivity contribution in [2.75, 3.05) is 11.9 Å². The van der Waals surface area contributed by atoms with E-state index in [4.69, 9.17) is 5.11 Å². The zero-order valence-electron chi connectivity index (χ0n) is 11.8. The number of anilines is 1. The predicted molar refractivity (Wildman–Crippen MR) is 81.4 cm³/mol. The van der Waals surface area contributed by atoms with E-state index in [2.05, 4.69) is 21.2 Å². The summed E-state index contributed by atoms with van der Waals surface area (Å²) < 4.78 is 0.973. The lowest BCUT2D eigenvalue weighted by molar-refractivity contribution is -0.141. The number of carbonyl (C=O) groups is 2. The predicted octanol–water partition coefficient (Wildman–Crippen LogP) is 2.12. The molecule has 21 heavy (non-hydrogen) atoms. The van der Waals surface area contributed by atoms with Crippen LogP contribution < -0.4 is 5.32 Å². The number of carboxylic acids is 1. The third-order valence-corrected chi connectivity index (χ3v) is 4.76. The Morgan fingerprint density at radius 2 is 1.90 bits per heavy atom. The number of carboxylic acid groups (broad SMARTS) is 1. The molecule has 1 heterocycles. The molecule has 1 aliphatic rings. The number of aliphatic hydroxyl groups is 1. The van der Waals surface area contributed by atoms with Crippen LogP contribution in [0.25, 0.3) is 0 Å². The van der Waals surface area contributed by atoms with Gasteiger partial charge in [-0.2, -0.15) is 0 Å². The normalized spacial score (nSPS) is 21.4. The van der Waals surface area contributed by atoms with E-state index in [1.54, 1.807) is 12.1 Å². The molecule has 1 aromatic carbocycles. The zero-order chi connectivity index (χ0) is 15.7. The van der Waals surface area contributed by atoms with E-state index in [1.165, 1.54) is 0 Å². The molecule has 7 heteroatoms. The number of aliphatic carboxylic acids is 1. The number of aryl methyl sites for hydroxylation is 2. The van der Waals surface area contributed by atoms with Gasteiger partial charge >= 0.3 is 12.0 Å². The molecule has 1 aliphatic heterocycles. The maximum Gasteiger partial charge on any atom is 0.326 e. The fourth-order valence-corrected chi connectivity index (χ4v) is 2.71. The summed E-state index contributed by atoms with van der Waals surface area (Å²) in [6, 6.07) is 2.10. The highest BCUT2D eigenvalue weighted by Crippen LogP contribution is 2.26. The maximum absolute atomic E-state index is 12.2. The van der Waals surface area contributed by atoms with Crippen LogP contribution in [0.3, 0.4) is 0 Å². The SMILES string of the molecule is Cc1cc(NC(=O)N2CC(O)CC2C(=O)O)cc(C)c1Br. The van der Waals surface area contributed by atoms with Crippen molar-refractivity contribution < 1.29 is 19.8 Å². The highest BCUT2D eigenvalue weighted by molar-refractivity contribution is 9.10. The van der Waals surface area contributed by atoms with Crippen LogP contribution in [0.1, 0.15) is 17.5 Å². The third-order valence-electron chi connectivity index (χ3n) is 3.51. The summed E-state index contributed by atoms with van der Waals surface area (Å²) in [5.74, 6) is -1.11. The average Bonchev–Trinajstić information content (AvgIpc) is 2.78. The van der Waals surface area contributed by atoms with Crippen LogP contribution in [-0.4, -0.2) is 45.8 Å². The quantitative estimate of drug-likeness (QED) is 0.756. The van der Waals surface area contributed by atoms with Crippen LogP contribution >= 0.6 is 15.9 Å². The Kier molecular flexibility index (Phi) is 4.53. The number of urea groups is 1. The van der Waals surface area contributed by atoms with Gasteiger partial charge in [-0.05, 0) is 37.1 Å². The number of aliphatic hydroxyl groups excluding tert-OH is 1. The van der Waals surface area contributed by atoms with Crippen molar-refractivity contribution in [1.82, 2.24) is 4.90 Å². The molecule has 0 aromatic heterocycles. The second-order valence-corrected chi connectivity index (χ2v) is 6.04. The second-order valence-electron chi connectivity index (χ2n) is 5.25. The number of β-amino-alcohol motifs (C(OH)–C–C–N with tert-alkyl or cyclic N) is 1. The van der Waals surface area contributed by atoms with Gasteiger partial charge in [0.2, 0.25) is 0 Å². The molecule has 114 valence electrons. The molecular formula is C14H17BrN2O4. The van der Waals surface area contributed by atoms with Crippen molar-refractivity contribution in [3.05, 3.63) is 27.7 Å². The smallest absolute Gasteiger partial charge is 0.326 e. The Hall–Kier alpha value is -1.60. The molecule has 0 saturated carbocycles. The van der Waals surface area contributed by atoms with E-state index in [9.17, 15) is 14.7 Å². The molecule has 2 atom stereocenters. The van der Waals surface area contributed by atoms with E-state index in [1.807, 2.05) is 13.8 Å². The lowest BCUT2D eigenvalue weighted by Crippen LogP contribution is -2.43. The van der Waals surface area contributed by atoms with Crippen molar-refractivity contribution in [2.45, 2.75) is 32.4 Å².